The van der Waals surface area contributed by atoms with Crippen molar-refractivity contribution >= 4 is 0 Å². The first kappa shape index (κ1) is 14.3. The summed E-state index contributed by atoms with van der Waals surface area (Å²) < 4.78 is 1.94. The molecular weight excluding hydrogens is 248 g/mol. The summed E-state index contributed by atoms with van der Waals surface area (Å²) in [5, 5.41) is 13.9. The van der Waals surface area contributed by atoms with Gasteiger partial charge in [-0.1, -0.05) is 30.3 Å². The molecule has 0 radical (unpaired) electrons. The van der Waals surface area contributed by atoms with Crippen LogP contribution in [0.25, 0.3) is 0 Å². The van der Waals surface area contributed by atoms with Gasteiger partial charge in [-0.3, -0.25) is 4.68 Å². The molecule has 0 bridgehead atoms. The first-order chi connectivity index (χ1) is 9.48. The fraction of sp³-hybridized carbons (Fsp3) is 0.375. The van der Waals surface area contributed by atoms with Crippen molar-refractivity contribution < 1.29 is 0 Å². The van der Waals surface area contributed by atoms with Crippen LogP contribution >= 0.6 is 0 Å². The Hall–Kier alpha value is -2.12. The number of hydrogen-bond donors (Lipinski definition) is 1. The Balaban J connectivity index is 2.20. The lowest BCUT2D eigenvalue weighted by Crippen LogP contribution is -2.36. The highest BCUT2D eigenvalue weighted by Gasteiger charge is 2.27. The summed E-state index contributed by atoms with van der Waals surface area (Å²) in [5.74, 6) is 0. The van der Waals surface area contributed by atoms with E-state index in [4.69, 9.17) is 5.73 Å². The Morgan fingerprint density at radius 1 is 1.25 bits per heavy atom. The van der Waals surface area contributed by atoms with Crippen LogP contribution in [-0.2, 0) is 12.1 Å². The van der Waals surface area contributed by atoms with Crippen molar-refractivity contribution in [1.29, 1.82) is 5.26 Å². The van der Waals surface area contributed by atoms with E-state index in [-0.39, 0.29) is 0 Å². The highest BCUT2D eigenvalue weighted by atomic mass is 15.3. The lowest BCUT2D eigenvalue weighted by Gasteiger charge is -2.22. The number of nitrogens with two attached hydrogens (primary N) is 1. The Morgan fingerprint density at radius 3 is 2.40 bits per heavy atom. The van der Waals surface area contributed by atoms with Crippen LogP contribution in [0.15, 0.2) is 30.3 Å². The van der Waals surface area contributed by atoms with Crippen molar-refractivity contribution in [2.75, 3.05) is 0 Å². The second-order valence-electron chi connectivity index (χ2n) is 5.22. The van der Waals surface area contributed by atoms with E-state index in [9.17, 15) is 5.26 Å². The number of benzene rings is 1. The van der Waals surface area contributed by atoms with Crippen LogP contribution in [0, 0.1) is 32.1 Å². The van der Waals surface area contributed by atoms with E-state index in [2.05, 4.69) is 18.1 Å². The lowest BCUT2D eigenvalue weighted by molar-refractivity contribution is 0.445. The van der Waals surface area contributed by atoms with Crippen LogP contribution in [0.1, 0.15) is 28.9 Å². The zero-order chi connectivity index (χ0) is 14.8. The average molecular weight is 268 g/mol. The van der Waals surface area contributed by atoms with Crippen molar-refractivity contribution in [1.82, 2.24) is 9.78 Å². The predicted molar refractivity (Wildman–Crippen MR) is 79.0 cm³/mol. The minimum atomic E-state index is -0.971. The zero-order valence-corrected chi connectivity index (χ0v) is 12.2. The van der Waals surface area contributed by atoms with Gasteiger partial charge in [-0.25, -0.2) is 0 Å². The molecule has 0 spiro atoms. The number of nitrogens with zero attached hydrogens (tertiary/aromatic N) is 3. The fourth-order valence-electron chi connectivity index (χ4n) is 2.29. The summed E-state index contributed by atoms with van der Waals surface area (Å²) in [6, 6.07) is 11.8. The van der Waals surface area contributed by atoms with Crippen molar-refractivity contribution in [3.05, 3.63) is 52.8 Å². The molecule has 1 aromatic carbocycles. The Labute approximate surface area is 119 Å². The molecule has 1 heterocycles. The van der Waals surface area contributed by atoms with E-state index in [1.54, 1.807) is 0 Å². The van der Waals surface area contributed by atoms with E-state index in [0.29, 0.717) is 13.0 Å². The van der Waals surface area contributed by atoms with E-state index in [1.807, 2.05) is 48.9 Å². The van der Waals surface area contributed by atoms with Crippen molar-refractivity contribution in [3.8, 4) is 6.07 Å². The molecule has 0 saturated carbocycles. The molecule has 0 amide bonds. The molecule has 4 heteroatoms. The summed E-state index contributed by atoms with van der Waals surface area (Å²) >= 11 is 0. The molecule has 2 aromatic rings. The molecule has 2 N–H and O–H groups in total. The molecule has 0 fully saturated rings. The zero-order valence-electron chi connectivity index (χ0n) is 12.2. The minimum Gasteiger partial charge on any atom is -0.310 e. The van der Waals surface area contributed by atoms with E-state index in [1.165, 1.54) is 5.56 Å². The van der Waals surface area contributed by atoms with E-state index < -0.39 is 5.54 Å². The van der Waals surface area contributed by atoms with Gasteiger partial charge in [-0.2, -0.15) is 10.4 Å². The maximum Gasteiger partial charge on any atom is 0.131 e. The quantitative estimate of drug-likeness (QED) is 0.926. The molecule has 1 atom stereocenters. The van der Waals surface area contributed by atoms with Crippen molar-refractivity contribution in [2.45, 2.75) is 39.3 Å². The maximum absolute atomic E-state index is 9.44. The third-order valence-electron chi connectivity index (χ3n) is 3.95. The fourth-order valence-corrected chi connectivity index (χ4v) is 2.29. The summed E-state index contributed by atoms with van der Waals surface area (Å²) in [7, 11) is 0. The lowest BCUT2D eigenvalue weighted by atomic mass is 9.89. The number of aryl methyl sites for hydroxylation is 2. The van der Waals surface area contributed by atoms with Gasteiger partial charge in [-0.15, -0.1) is 0 Å². The van der Waals surface area contributed by atoms with Crippen LogP contribution < -0.4 is 5.73 Å². The van der Waals surface area contributed by atoms with Gasteiger partial charge in [0.15, 0.2) is 0 Å². The van der Waals surface area contributed by atoms with Crippen molar-refractivity contribution in [3.63, 3.8) is 0 Å². The largest absolute Gasteiger partial charge is 0.310 e. The molecule has 2 rings (SSSR count). The Bertz CT molecular complexity index is 636. The number of hydrogen-bond acceptors (Lipinski definition) is 3. The van der Waals surface area contributed by atoms with Gasteiger partial charge in [0.05, 0.1) is 11.8 Å². The summed E-state index contributed by atoms with van der Waals surface area (Å²) in [6.45, 7) is 6.74. The number of rotatable bonds is 4. The molecular formula is C16H20N4. The van der Waals surface area contributed by atoms with Crippen LogP contribution in [-0.4, -0.2) is 9.78 Å². The van der Waals surface area contributed by atoms with Gasteiger partial charge in [0.2, 0.25) is 0 Å². The normalized spacial score (nSPS) is 13.8. The van der Waals surface area contributed by atoms with Gasteiger partial charge >= 0.3 is 0 Å². The summed E-state index contributed by atoms with van der Waals surface area (Å²) in [5.41, 5.74) is 9.50. The first-order valence-electron chi connectivity index (χ1n) is 6.74. The second kappa shape index (κ2) is 5.48. The molecule has 4 nitrogen and oxygen atoms in total. The number of nitriles is 1. The van der Waals surface area contributed by atoms with Crippen LogP contribution in [0.2, 0.25) is 0 Å². The van der Waals surface area contributed by atoms with Crippen LogP contribution in [0.3, 0.4) is 0 Å². The molecule has 104 valence electrons. The molecule has 0 aliphatic rings. The summed E-state index contributed by atoms with van der Waals surface area (Å²) in [6.07, 6.45) is 0.537. The number of aromatic nitrogens is 2. The van der Waals surface area contributed by atoms with Gasteiger partial charge in [0.25, 0.3) is 0 Å². The molecule has 1 unspecified atom stereocenters. The van der Waals surface area contributed by atoms with Gasteiger partial charge in [0, 0.05) is 18.7 Å². The highest BCUT2D eigenvalue weighted by molar-refractivity contribution is 5.30. The first-order valence-corrected chi connectivity index (χ1v) is 6.74. The van der Waals surface area contributed by atoms with Gasteiger partial charge in [-0.05, 0) is 31.9 Å². The maximum atomic E-state index is 9.44. The molecule has 1 aromatic heterocycles. The summed E-state index contributed by atoms with van der Waals surface area (Å²) in [4.78, 5) is 0. The third-order valence-corrected chi connectivity index (χ3v) is 3.95. The minimum absolute atomic E-state index is 0.537. The Kier molecular flexibility index (Phi) is 3.91. The van der Waals surface area contributed by atoms with E-state index >= 15 is 0 Å². The Morgan fingerprint density at radius 2 is 1.90 bits per heavy atom. The highest BCUT2D eigenvalue weighted by Crippen LogP contribution is 2.23. The van der Waals surface area contributed by atoms with Crippen molar-refractivity contribution in [2.24, 2.45) is 5.73 Å². The molecule has 0 saturated heterocycles. The standard InChI is InChI=1S/C16H20N4/c1-12-13(2)19-20(14(12)3)10-9-16(18,11-17)15-7-5-4-6-8-15/h4-8H,9-10,18H2,1-3H3. The molecule has 0 aliphatic heterocycles. The second-order valence-corrected chi connectivity index (χ2v) is 5.22. The topological polar surface area (TPSA) is 67.6 Å². The van der Waals surface area contributed by atoms with Gasteiger partial charge < -0.3 is 5.73 Å². The van der Waals surface area contributed by atoms with Crippen LogP contribution in [0.4, 0.5) is 0 Å². The average Bonchev–Trinajstić information content (AvgIpc) is 2.73. The SMILES string of the molecule is Cc1nn(CCC(N)(C#N)c2ccccc2)c(C)c1C. The monoisotopic (exact) mass is 268 g/mol. The van der Waals surface area contributed by atoms with Crippen LogP contribution in [0.5, 0.6) is 0 Å². The van der Waals surface area contributed by atoms with Gasteiger partial charge in [0.1, 0.15) is 5.54 Å². The third kappa shape index (κ3) is 2.59. The van der Waals surface area contributed by atoms with E-state index in [0.717, 1.165) is 17.0 Å². The molecule has 0 aliphatic carbocycles. The molecule has 20 heavy (non-hydrogen) atoms. The predicted octanol–water partition coefficient (Wildman–Crippen LogP) is 2.58. The smallest absolute Gasteiger partial charge is 0.131 e.